The molecule has 2 heteroatoms. The molecule has 0 unspecified atom stereocenters. The zero-order valence-electron chi connectivity index (χ0n) is 16.5. The number of allylic oxidation sites excluding steroid dienone is 3. The smallest absolute Gasteiger partial charge is 0.192 e. The number of hydrogen-bond donors (Lipinski definition) is 0. The highest BCUT2D eigenvalue weighted by Gasteiger charge is 2.37. The van der Waals surface area contributed by atoms with Gasteiger partial charge in [0.2, 0.25) is 0 Å². The van der Waals surface area contributed by atoms with Crippen LogP contribution < -0.4 is 0 Å². The van der Waals surface area contributed by atoms with Crippen LogP contribution in [0.25, 0.3) is 0 Å². The molecule has 0 bridgehead atoms. The Balaban J connectivity index is 4.17. The van der Waals surface area contributed by atoms with E-state index in [4.69, 9.17) is 4.43 Å². The highest BCUT2D eigenvalue weighted by atomic mass is 28.4. The van der Waals surface area contributed by atoms with Crippen LogP contribution in [0.15, 0.2) is 23.8 Å². The lowest BCUT2D eigenvalue weighted by Crippen LogP contribution is -2.41. The Kier molecular flexibility index (Phi) is 10.3. The first-order chi connectivity index (χ1) is 10.1. The van der Waals surface area contributed by atoms with E-state index >= 15 is 0 Å². The lowest BCUT2D eigenvalue weighted by molar-refractivity contribution is 0.259. The Bertz CT molecular complexity index is 347. The summed E-state index contributed by atoms with van der Waals surface area (Å²) in [6, 6.07) is 0. The predicted octanol–water partition coefficient (Wildman–Crippen LogP) is 7.12. The van der Waals surface area contributed by atoms with Crippen molar-refractivity contribution in [2.45, 2.75) is 91.8 Å². The Morgan fingerprint density at radius 1 is 1.14 bits per heavy atom. The third kappa shape index (κ3) is 9.63. The van der Waals surface area contributed by atoms with Crippen molar-refractivity contribution in [1.29, 1.82) is 0 Å². The Morgan fingerprint density at radius 3 is 2.32 bits per heavy atom. The molecule has 0 saturated heterocycles. The maximum Gasteiger partial charge on any atom is 0.192 e. The third-order valence-electron chi connectivity index (χ3n) is 4.67. The van der Waals surface area contributed by atoms with Crippen LogP contribution in [0.2, 0.25) is 18.1 Å². The van der Waals surface area contributed by atoms with E-state index in [1.54, 1.807) is 0 Å². The monoisotopic (exact) mass is 324 g/mol. The summed E-state index contributed by atoms with van der Waals surface area (Å²) in [7, 11) is -1.61. The van der Waals surface area contributed by atoms with E-state index < -0.39 is 8.32 Å². The van der Waals surface area contributed by atoms with Gasteiger partial charge >= 0.3 is 0 Å². The SMILES string of the molecule is CCCCCC/C=C/C(C)=C/[C@@H](C)CO[Si](C)(C)C(C)(C)C. The molecule has 130 valence electrons. The first kappa shape index (κ1) is 21.7. The van der Waals surface area contributed by atoms with E-state index in [1.807, 2.05) is 0 Å². The van der Waals surface area contributed by atoms with Gasteiger partial charge in [-0.3, -0.25) is 0 Å². The van der Waals surface area contributed by atoms with Crippen LogP contribution in [0, 0.1) is 5.92 Å². The summed E-state index contributed by atoms with van der Waals surface area (Å²) in [6.45, 7) is 19.1. The van der Waals surface area contributed by atoms with Crippen LogP contribution in [0.1, 0.15) is 73.6 Å². The fraction of sp³-hybridized carbons (Fsp3) is 0.800. The van der Waals surface area contributed by atoms with Gasteiger partial charge in [-0.15, -0.1) is 0 Å². The minimum Gasteiger partial charge on any atom is -0.416 e. The fourth-order valence-electron chi connectivity index (χ4n) is 2.07. The van der Waals surface area contributed by atoms with E-state index in [-0.39, 0.29) is 0 Å². The number of rotatable bonds is 10. The topological polar surface area (TPSA) is 9.23 Å². The van der Waals surface area contributed by atoms with Gasteiger partial charge in [0.15, 0.2) is 8.32 Å². The highest BCUT2D eigenvalue weighted by Crippen LogP contribution is 2.36. The Hall–Kier alpha value is -0.343. The summed E-state index contributed by atoms with van der Waals surface area (Å²) in [5.41, 5.74) is 1.36. The molecule has 0 heterocycles. The lowest BCUT2D eigenvalue weighted by Gasteiger charge is -2.36. The summed E-state index contributed by atoms with van der Waals surface area (Å²) in [4.78, 5) is 0. The van der Waals surface area contributed by atoms with Gasteiger partial charge in [0.05, 0.1) is 0 Å². The van der Waals surface area contributed by atoms with Crippen LogP contribution in [0.5, 0.6) is 0 Å². The van der Waals surface area contributed by atoms with Gasteiger partial charge < -0.3 is 4.43 Å². The molecule has 0 aliphatic carbocycles. The van der Waals surface area contributed by atoms with Crippen molar-refractivity contribution < 1.29 is 4.43 Å². The molecule has 1 atom stereocenters. The predicted molar refractivity (Wildman–Crippen MR) is 104 cm³/mol. The Labute approximate surface area is 141 Å². The second kappa shape index (κ2) is 10.4. The molecule has 0 rings (SSSR count). The zero-order valence-corrected chi connectivity index (χ0v) is 17.5. The summed E-state index contributed by atoms with van der Waals surface area (Å²) < 4.78 is 6.30. The van der Waals surface area contributed by atoms with E-state index in [0.717, 1.165) is 6.61 Å². The number of hydrogen-bond acceptors (Lipinski definition) is 1. The minimum absolute atomic E-state index is 0.296. The van der Waals surface area contributed by atoms with Crippen molar-refractivity contribution in [3.05, 3.63) is 23.8 Å². The summed E-state index contributed by atoms with van der Waals surface area (Å²) in [6.07, 6.45) is 13.5. The van der Waals surface area contributed by atoms with Crippen LogP contribution in [0.3, 0.4) is 0 Å². The van der Waals surface area contributed by atoms with E-state index in [0.29, 0.717) is 11.0 Å². The number of unbranched alkanes of at least 4 members (excludes halogenated alkanes) is 4. The van der Waals surface area contributed by atoms with E-state index in [1.165, 1.54) is 37.7 Å². The zero-order chi connectivity index (χ0) is 17.2. The first-order valence-electron chi connectivity index (χ1n) is 9.09. The maximum atomic E-state index is 6.30. The average Bonchev–Trinajstić information content (AvgIpc) is 2.39. The highest BCUT2D eigenvalue weighted by molar-refractivity contribution is 6.74. The third-order valence-corrected chi connectivity index (χ3v) is 9.17. The molecule has 0 amide bonds. The van der Waals surface area contributed by atoms with Gasteiger partial charge in [-0.2, -0.15) is 0 Å². The molecule has 0 aliphatic heterocycles. The van der Waals surface area contributed by atoms with Crippen molar-refractivity contribution in [3.8, 4) is 0 Å². The standard InChI is InChI=1S/C20H40OSi/c1-9-10-11-12-13-14-15-18(2)16-19(3)17-21-22(7,8)20(4,5)6/h14-16,19H,9-13,17H2,1-8H3/b15-14+,18-16+/t19-/m1/s1. The first-order valence-corrected chi connectivity index (χ1v) is 12.0. The molecule has 0 N–H and O–H groups in total. The van der Waals surface area contributed by atoms with Crippen LogP contribution in [0.4, 0.5) is 0 Å². The summed E-state index contributed by atoms with van der Waals surface area (Å²) in [5, 5.41) is 0.296. The van der Waals surface area contributed by atoms with Crippen molar-refractivity contribution in [2.75, 3.05) is 6.61 Å². The van der Waals surface area contributed by atoms with E-state index in [9.17, 15) is 0 Å². The van der Waals surface area contributed by atoms with Gasteiger partial charge in [0.1, 0.15) is 0 Å². The van der Waals surface area contributed by atoms with Crippen LogP contribution >= 0.6 is 0 Å². The summed E-state index contributed by atoms with van der Waals surface area (Å²) >= 11 is 0. The van der Waals surface area contributed by atoms with Crippen molar-refractivity contribution in [3.63, 3.8) is 0 Å². The van der Waals surface area contributed by atoms with Crippen LogP contribution in [-0.2, 0) is 4.43 Å². The molecular formula is C20H40OSi. The molecule has 0 aromatic carbocycles. The molecule has 0 spiro atoms. The largest absolute Gasteiger partial charge is 0.416 e. The van der Waals surface area contributed by atoms with Crippen molar-refractivity contribution in [1.82, 2.24) is 0 Å². The summed E-state index contributed by atoms with van der Waals surface area (Å²) in [5.74, 6) is 0.485. The normalized spacial score (nSPS) is 15.5. The molecule has 0 aromatic heterocycles. The van der Waals surface area contributed by atoms with E-state index in [2.05, 4.69) is 72.9 Å². The van der Waals surface area contributed by atoms with Gasteiger partial charge in [0.25, 0.3) is 0 Å². The van der Waals surface area contributed by atoms with Crippen LogP contribution in [-0.4, -0.2) is 14.9 Å². The van der Waals surface area contributed by atoms with Gasteiger partial charge in [-0.1, -0.05) is 77.7 Å². The minimum atomic E-state index is -1.61. The maximum absolute atomic E-state index is 6.30. The molecule has 0 aromatic rings. The molecular weight excluding hydrogens is 284 g/mol. The average molecular weight is 325 g/mol. The Morgan fingerprint density at radius 2 is 1.77 bits per heavy atom. The fourth-order valence-corrected chi connectivity index (χ4v) is 3.18. The molecule has 0 radical (unpaired) electrons. The molecule has 1 nitrogen and oxygen atoms in total. The second-order valence-corrected chi connectivity index (χ2v) is 13.0. The second-order valence-electron chi connectivity index (χ2n) is 8.21. The molecule has 0 aliphatic rings. The molecule has 0 fully saturated rings. The van der Waals surface area contributed by atoms with Crippen molar-refractivity contribution in [2.24, 2.45) is 5.92 Å². The lowest BCUT2D eigenvalue weighted by atomic mass is 10.1. The molecule has 22 heavy (non-hydrogen) atoms. The van der Waals surface area contributed by atoms with Gasteiger partial charge in [-0.05, 0) is 43.8 Å². The van der Waals surface area contributed by atoms with Crippen molar-refractivity contribution >= 4 is 8.32 Å². The van der Waals surface area contributed by atoms with Gasteiger partial charge in [-0.25, -0.2) is 0 Å². The van der Waals surface area contributed by atoms with Gasteiger partial charge in [0, 0.05) is 6.61 Å². The quantitative estimate of drug-likeness (QED) is 0.236. The molecule has 0 saturated carbocycles.